The average Bonchev–Trinajstić information content (AvgIpc) is 3.01. The highest BCUT2D eigenvalue weighted by molar-refractivity contribution is 7.89. The van der Waals surface area contributed by atoms with Crippen LogP contribution in [0.15, 0.2) is 24.4 Å². The summed E-state index contributed by atoms with van der Waals surface area (Å²) in [7, 11) is -1.25. The third-order valence-electron chi connectivity index (χ3n) is 4.19. The van der Waals surface area contributed by atoms with Crippen molar-refractivity contribution in [2.75, 3.05) is 33.1 Å². The highest BCUT2D eigenvalue weighted by Gasteiger charge is 2.27. The molecule has 1 saturated heterocycles. The van der Waals surface area contributed by atoms with Gasteiger partial charge in [0.2, 0.25) is 0 Å². The summed E-state index contributed by atoms with van der Waals surface area (Å²) in [6, 6.07) is 4.61. The van der Waals surface area contributed by atoms with Crippen LogP contribution in [0, 0.1) is 16.5 Å². The molecule has 0 spiro atoms. The Morgan fingerprint density at radius 2 is 2.25 bits per heavy atom. The van der Waals surface area contributed by atoms with Crippen LogP contribution in [0.4, 0.5) is 4.39 Å². The monoisotopic (exact) mass is 353 g/mol. The van der Waals surface area contributed by atoms with Crippen LogP contribution >= 0.6 is 0 Å². The van der Waals surface area contributed by atoms with Gasteiger partial charge in [-0.05, 0) is 18.6 Å². The van der Waals surface area contributed by atoms with Gasteiger partial charge in [0.15, 0.2) is 11.6 Å². The summed E-state index contributed by atoms with van der Waals surface area (Å²) in [4.78, 5) is 4.22. The van der Waals surface area contributed by atoms with Crippen LogP contribution in [0.1, 0.15) is 6.42 Å². The number of nitrogens with one attached hydrogen (secondary N) is 1. The zero-order valence-corrected chi connectivity index (χ0v) is 14.4. The van der Waals surface area contributed by atoms with Crippen molar-refractivity contribution >= 4 is 20.8 Å². The van der Waals surface area contributed by atoms with Crippen molar-refractivity contribution in [3.63, 3.8) is 0 Å². The maximum Gasteiger partial charge on any atom is 0.165 e. The molecule has 1 fully saturated rings. The molecule has 1 unspecified atom stereocenters. The van der Waals surface area contributed by atoms with Gasteiger partial charge in [-0.25, -0.2) is 17.7 Å². The van der Waals surface area contributed by atoms with Gasteiger partial charge in [-0.15, -0.1) is 0 Å². The summed E-state index contributed by atoms with van der Waals surface area (Å²) in [6.07, 6.45) is 3.87. The van der Waals surface area contributed by atoms with Crippen molar-refractivity contribution in [2.45, 2.75) is 6.42 Å². The van der Waals surface area contributed by atoms with E-state index in [-0.39, 0.29) is 11.7 Å². The molecule has 1 N–H and O–H groups in total. The molecule has 0 amide bonds. The van der Waals surface area contributed by atoms with E-state index in [0.717, 1.165) is 6.42 Å². The second kappa shape index (κ2) is 6.52. The number of rotatable bonds is 5. The molecule has 1 aromatic carbocycles. The molecule has 1 aliphatic heterocycles. The number of aromatic nitrogens is 1. The summed E-state index contributed by atoms with van der Waals surface area (Å²) in [6.45, 7) is 1.64. The summed E-state index contributed by atoms with van der Waals surface area (Å²) >= 11 is 0. The lowest BCUT2D eigenvalue weighted by Crippen LogP contribution is -2.27. The highest BCUT2D eigenvalue weighted by atomic mass is 32.2. The summed E-state index contributed by atoms with van der Waals surface area (Å²) in [5.74, 6) is 0.437. The van der Waals surface area contributed by atoms with Gasteiger partial charge in [0, 0.05) is 42.9 Å². The van der Waals surface area contributed by atoms with E-state index in [4.69, 9.17) is 14.3 Å². The maximum absolute atomic E-state index is 14.0. The van der Waals surface area contributed by atoms with Crippen LogP contribution in [0.3, 0.4) is 0 Å². The predicted octanol–water partition coefficient (Wildman–Crippen LogP) is 2.67. The number of fused-ring (bicyclic) bond motifs is 1. The van der Waals surface area contributed by atoms with E-state index in [1.165, 1.54) is 19.4 Å². The van der Waals surface area contributed by atoms with Crippen LogP contribution in [-0.2, 0) is 9.92 Å². The van der Waals surface area contributed by atoms with Gasteiger partial charge in [0.05, 0.1) is 19.2 Å². The first-order valence-electron chi connectivity index (χ1n) is 7.62. The molecule has 2 aromatic rings. The summed E-state index contributed by atoms with van der Waals surface area (Å²) < 4.78 is 45.9. The molecule has 8 heteroatoms. The molecule has 0 aliphatic carbocycles. The molecule has 130 valence electrons. The molecule has 2 heterocycles. The second-order valence-corrected chi connectivity index (χ2v) is 8.09. The smallest absolute Gasteiger partial charge is 0.165 e. The lowest BCUT2D eigenvalue weighted by Gasteiger charge is -2.16. The van der Waals surface area contributed by atoms with Crippen LogP contribution in [0.25, 0.3) is 10.9 Å². The van der Waals surface area contributed by atoms with Gasteiger partial charge >= 0.3 is 0 Å². The van der Waals surface area contributed by atoms with Gasteiger partial charge in [-0.2, -0.15) is 0 Å². The number of nitrogens with zero attached hydrogens (tertiary/aromatic N) is 2. The second-order valence-electron chi connectivity index (χ2n) is 5.97. The minimum Gasteiger partial charge on any atom is -0.494 e. The normalized spacial score (nSPS) is 20.9. The third-order valence-corrected chi connectivity index (χ3v) is 5.51. The topological polar surface area (TPSA) is 75.5 Å². The fourth-order valence-electron chi connectivity index (χ4n) is 2.86. The number of pyridine rings is 1. The first kappa shape index (κ1) is 16.9. The highest BCUT2D eigenvalue weighted by Crippen LogP contribution is 2.30. The lowest BCUT2D eigenvalue weighted by atomic mass is 10.1. The number of benzene rings is 1. The van der Waals surface area contributed by atoms with E-state index in [1.807, 2.05) is 0 Å². The zero-order chi connectivity index (χ0) is 17.3. The average molecular weight is 353 g/mol. The molecule has 24 heavy (non-hydrogen) atoms. The first-order chi connectivity index (χ1) is 11.4. The van der Waals surface area contributed by atoms with Crippen LogP contribution in [-0.4, -0.2) is 46.6 Å². The fraction of sp³-hybridized carbons (Fsp3) is 0.438. The molecule has 1 aromatic heterocycles. The molecule has 0 saturated carbocycles. The predicted molar refractivity (Wildman–Crippen MR) is 90.2 cm³/mol. The minimum atomic E-state index is -2.66. The Balaban J connectivity index is 1.75. The number of halogens is 1. The van der Waals surface area contributed by atoms with E-state index >= 15 is 0 Å². The van der Waals surface area contributed by atoms with E-state index in [0.29, 0.717) is 36.3 Å². The quantitative estimate of drug-likeness (QED) is 0.897. The van der Waals surface area contributed by atoms with Crippen molar-refractivity contribution in [3.05, 3.63) is 30.2 Å². The summed E-state index contributed by atoms with van der Waals surface area (Å²) in [5.41, 5.74) is 0.599. The molecule has 6 nitrogen and oxygen atoms in total. The van der Waals surface area contributed by atoms with Crippen LogP contribution in [0.2, 0.25) is 0 Å². The van der Waals surface area contributed by atoms with Gasteiger partial charge in [0.1, 0.15) is 15.7 Å². The van der Waals surface area contributed by atoms with E-state index in [2.05, 4.69) is 4.98 Å². The van der Waals surface area contributed by atoms with Crippen LogP contribution < -0.4 is 9.47 Å². The Hall–Kier alpha value is -1.93. The van der Waals surface area contributed by atoms with E-state index in [1.54, 1.807) is 22.6 Å². The van der Waals surface area contributed by atoms with Crippen molar-refractivity contribution in [3.8, 4) is 11.5 Å². The zero-order valence-electron chi connectivity index (χ0n) is 13.6. The minimum absolute atomic E-state index is 0.145. The summed E-state index contributed by atoms with van der Waals surface area (Å²) in [5, 5.41) is 0.588. The van der Waals surface area contributed by atoms with E-state index in [9.17, 15) is 8.60 Å². The molecular weight excluding hydrogens is 333 g/mol. The Kier molecular flexibility index (Phi) is 4.60. The number of hydrogen-bond acceptors (Lipinski definition) is 5. The van der Waals surface area contributed by atoms with E-state index < -0.39 is 15.7 Å². The molecule has 0 bridgehead atoms. The van der Waals surface area contributed by atoms with Crippen molar-refractivity contribution in [2.24, 2.45) is 5.92 Å². The van der Waals surface area contributed by atoms with Crippen molar-refractivity contribution < 1.29 is 18.1 Å². The third kappa shape index (κ3) is 3.44. The molecule has 3 rings (SSSR count). The standard InChI is InChI=1S/C16H20FN3O3S/c1-22-16-8-14-12(7-13(16)17)15(3-5-19-14)23-10-11-4-6-20(9-11)24(2,18)21/h3,5,7-8,11,18H,4,6,9-10H2,1-2H3/t11-,24?/m1/s1. The maximum atomic E-state index is 14.0. The Bertz CT molecular complexity index is 857. The first-order valence-corrected chi connectivity index (χ1v) is 9.54. The Morgan fingerprint density at radius 3 is 2.92 bits per heavy atom. The molecule has 0 radical (unpaired) electrons. The van der Waals surface area contributed by atoms with Crippen LogP contribution in [0.5, 0.6) is 11.5 Å². The van der Waals surface area contributed by atoms with Crippen molar-refractivity contribution in [1.82, 2.24) is 9.29 Å². The molecule has 1 aliphatic rings. The van der Waals surface area contributed by atoms with Gasteiger partial charge in [-0.1, -0.05) is 0 Å². The Labute approximate surface area is 140 Å². The van der Waals surface area contributed by atoms with Gasteiger partial charge in [-0.3, -0.25) is 4.98 Å². The van der Waals surface area contributed by atoms with Gasteiger partial charge in [0.25, 0.3) is 0 Å². The largest absolute Gasteiger partial charge is 0.494 e. The number of hydrogen-bond donors (Lipinski definition) is 1. The van der Waals surface area contributed by atoms with Crippen molar-refractivity contribution in [1.29, 1.82) is 4.78 Å². The fourth-order valence-corrected chi connectivity index (χ4v) is 3.81. The SMILES string of the molecule is COc1cc2nccc(OC[C@@H]3CCN(S(C)(=N)=O)C3)c2cc1F. The molecular formula is C16H20FN3O3S. The number of methoxy groups -OCH3 is 1. The number of ether oxygens (including phenoxy) is 2. The van der Waals surface area contributed by atoms with Gasteiger partial charge < -0.3 is 9.47 Å². The Morgan fingerprint density at radius 1 is 1.46 bits per heavy atom. The molecule has 2 atom stereocenters. The lowest BCUT2D eigenvalue weighted by molar-refractivity contribution is 0.258.